The summed E-state index contributed by atoms with van der Waals surface area (Å²) in [4.78, 5) is 14.3. The van der Waals surface area contributed by atoms with Crippen LogP contribution in [-0.4, -0.2) is 4.98 Å². The third-order valence-electron chi connectivity index (χ3n) is 2.19. The van der Waals surface area contributed by atoms with Crippen molar-refractivity contribution in [3.8, 4) is 0 Å². The highest BCUT2D eigenvalue weighted by molar-refractivity contribution is 6.35. The minimum Gasteiger partial charge on any atom is -0.326 e. The molecule has 0 bridgehead atoms. The van der Waals surface area contributed by atoms with E-state index in [0.717, 1.165) is 16.6 Å². The maximum Gasteiger partial charge on any atom is 0.256 e. The predicted molar refractivity (Wildman–Crippen MR) is 59.1 cm³/mol. The summed E-state index contributed by atoms with van der Waals surface area (Å²) in [6.07, 6.45) is 0. The zero-order chi connectivity index (χ0) is 10.3. The molecule has 0 fully saturated rings. The lowest BCUT2D eigenvalue weighted by molar-refractivity contribution is 1.17. The number of rotatable bonds is 0. The topological polar surface area (TPSA) is 32.9 Å². The Morgan fingerprint density at radius 3 is 2.57 bits per heavy atom. The van der Waals surface area contributed by atoms with Gasteiger partial charge in [0, 0.05) is 21.5 Å². The van der Waals surface area contributed by atoms with Gasteiger partial charge in [-0.3, -0.25) is 4.79 Å². The third kappa shape index (κ3) is 1.42. The van der Waals surface area contributed by atoms with Crippen molar-refractivity contribution in [3.05, 3.63) is 44.8 Å². The van der Waals surface area contributed by atoms with Crippen LogP contribution in [-0.2, 0) is 0 Å². The molecule has 0 aliphatic rings. The molecule has 0 atom stereocenters. The monoisotopic (exact) mass is 207 g/mol. The van der Waals surface area contributed by atoms with E-state index in [0.29, 0.717) is 10.4 Å². The molecule has 2 rings (SSSR count). The second-order valence-electron chi connectivity index (χ2n) is 3.49. The Bertz CT molecular complexity index is 557. The molecule has 2 aromatic rings. The minimum atomic E-state index is -0.0781. The summed E-state index contributed by atoms with van der Waals surface area (Å²) in [5.41, 5.74) is 1.75. The maximum atomic E-state index is 11.6. The van der Waals surface area contributed by atoms with Gasteiger partial charge < -0.3 is 4.98 Å². The molecule has 0 amide bonds. The van der Waals surface area contributed by atoms with E-state index in [-0.39, 0.29) is 5.56 Å². The van der Waals surface area contributed by atoms with Gasteiger partial charge >= 0.3 is 0 Å². The number of nitrogens with one attached hydrogen (secondary N) is 1. The van der Waals surface area contributed by atoms with Gasteiger partial charge in [0.1, 0.15) is 0 Å². The van der Waals surface area contributed by atoms with E-state index >= 15 is 0 Å². The van der Waals surface area contributed by atoms with Crippen LogP contribution in [0.3, 0.4) is 0 Å². The van der Waals surface area contributed by atoms with Crippen molar-refractivity contribution in [1.29, 1.82) is 0 Å². The van der Waals surface area contributed by atoms with E-state index in [9.17, 15) is 4.79 Å². The average Bonchev–Trinajstić information content (AvgIpc) is 2.07. The van der Waals surface area contributed by atoms with E-state index in [2.05, 4.69) is 4.98 Å². The molecule has 1 aromatic carbocycles. The molecule has 0 aliphatic heterocycles. The Morgan fingerprint density at radius 1 is 1.14 bits per heavy atom. The number of H-pyrrole nitrogens is 1. The zero-order valence-electron chi connectivity index (χ0n) is 8.02. The van der Waals surface area contributed by atoms with Crippen molar-refractivity contribution in [1.82, 2.24) is 4.98 Å². The molecule has 0 spiro atoms. The number of hydrogen-bond donors (Lipinski definition) is 1. The zero-order valence-corrected chi connectivity index (χ0v) is 8.77. The van der Waals surface area contributed by atoms with Crippen LogP contribution in [0.15, 0.2) is 23.0 Å². The summed E-state index contributed by atoms with van der Waals surface area (Å²) < 4.78 is 0. The lowest BCUT2D eigenvalue weighted by atomic mass is 10.1. The molecule has 0 saturated carbocycles. The highest BCUT2D eigenvalue weighted by Gasteiger charge is 2.04. The molecule has 14 heavy (non-hydrogen) atoms. The quantitative estimate of drug-likeness (QED) is 0.708. The van der Waals surface area contributed by atoms with E-state index in [4.69, 9.17) is 11.6 Å². The van der Waals surface area contributed by atoms with E-state index in [1.54, 1.807) is 0 Å². The van der Waals surface area contributed by atoms with Crippen LogP contribution in [0.4, 0.5) is 0 Å². The summed E-state index contributed by atoms with van der Waals surface area (Å²) in [5.74, 6) is 0. The van der Waals surface area contributed by atoms with Gasteiger partial charge in [-0.05, 0) is 37.6 Å². The summed E-state index contributed by atoms with van der Waals surface area (Å²) >= 11 is 6.05. The Labute approximate surface area is 86.5 Å². The van der Waals surface area contributed by atoms with Gasteiger partial charge in [0.05, 0.1) is 0 Å². The molecule has 3 heteroatoms. The standard InChI is InChI=1S/C11H10ClNO/c1-6-3-9-8(10(12)4-6)5-7(2)13-11(9)14/h3-5H,1-2H3,(H,13,14). The molecule has 0 radical (unpaired) electrons. The van der Waals surface area contributed by atoms with Crippen LogP contribution in [0.2, 0.25) is 5.02 Å². The summed E-state index contributed by atoms with van der Waals surface area (Å²) in [5, 5.41) is 2.10. The van der Waals surface area contributed by atoms with Crippen LogP contribution in [0.1, 0.15) is 11.3 Å². The third-order valence-corrected chi connectivity index (χ3v) is 2.50. The molecular formula is C11H10ClNO. The van der Waals surface area contributed by atoms with Gasteiger partial charge in [0.15, 0.2) is 0 Å². The number of benzene rings is 1. The molecule has 72 valence electrons. The van der Waals surface area contributed by atoms with E-state index in [1.165, 1.54) is 0 Å². The number of aromatic nitrogens is 1. The molecule has 1 N–H and O–H groups in total. The van der Waals surface area contributed by atoms with Gasteiger partial charge in [0.2, 0.25) is 0 Å². The smallest absolute Gasteiger partial charge is 0.256 e. The normalized spacial score (nSPS) is 10.8. The van der Waals surface area contributed by atoms with Crippen molar-refractivity contribution >= 4 is 22.4 Å². The number of hydrogen-bond acceptors (Lipinski definition) is 1. The minimum absolute atomic E-state index is 0.0781. The van der Waals surface area contributed by atoms with E-state index < -0.39 is 0 Å². The fourth-order valence-corrected chi connectivity index (χ4v) is 1.92. The molecule has 1 heterocycles. The summed E-state index contributed by atoms with van der Waals surface area (Å²) in [6, 6.07) is 5.60. The molecule has 1 aromatic heterocycles. The Kier molecular flexibility index (Phi) is 2.08. The second kappa shape index (κ2) is 3.14. The number of pyridine rings is 1. The van der Waals surface area contributed by atoms with Crippen molar-refractivity contribution in [2.45, 2.75) is 13.8 Å². The molecule has 0 aliphatic carbocycles. The molecule has 0 saturated heterocycles. The van der Waals surface area contributed by atoms with Gasteiger partial charge in [-0.25, -0.2) is 0 Å². The van der Waals surface area contributed by atoms with Crippen molar-refractivity contribution in [2.75, 3.05) is 0 Å². The Balaban J connectivity index is 3.02. The van der Waals surface area contributed by atoms with Crippen molar-refractivity contribution < 1.29 is 0 Å². The summed E-state index contributed by atoms with van der Waals surface area (Å²) in [7, 11) is 0. The number of fused-ring (bicyclic) bond motifs is 1. The first-order valence-electron chi connectivity index (χ1n) is 4.38. The van der Waals surface area contributed by atoms with Crippen LogP contribution >= 0.6 is 11.6 Å². The number of halogens is 1. The van der Waals surface area contributed by atoms with Crippen LogP contribution in [0, 0.1) is 13.8 Å². The first kappa shape index (κ1) is 9.28. The number of aromatic amines is 1. The van der Waals surface area contributed by atoms with Crippen LogP contribution in [0.25, 0.3) is 10.8 Å². The summed E-state index contributed by atoms with van der Waals surface area (Å²) in [6.45, 7) is 3.77. The second-order valence-corrected chi connectivity index (χ2v) is 3.90. The first-order valence-corrected chi connectivity index (χ1v) is 4.75. The van der Waals surface area contributed by atoms with Crippen LogP contribution < -0.4 is 5.56 Å². The highest BCUT2D eigenvalue weighted by Crippen LogP contribution is 2.22. The Morgan fingerprint density at radius 2 is 1.86 bits per heavy atom. The lowest BCUT2D eigenvalue weighted by Crippen LogP contribution is -2.07. The highest BCUT2D eigenvalue weighted by atomic mass is 35.5. The molecule has 0 unspecified atom stereocenters. The average molecular weight is 208 g/mol. The van der Waals surface area contributed by atoms with Crippen molar-refractivity contribution in [2.24, 2.45) is 0 Å². The SMILES string of the molecule is Cc1cc(Cl)c2cc(C)[nH]c(=O)c2c1. The molecule has 2 nitrogen and oxygen atoms in total. The predicted octanol–water partition coefficient (Wildman–Crippen LogP) is 2.80. The number of aryl methyl sites for hydroxylation is 2. The van der Waals surface area contributed by atoms with Crippen LogP contribution in [0.5, 0.6) is 0 Å². The molecular weight excluding hydrogens is 198 g/mol. The van der Waals surface area contributed by atoms with Gasteiger partial charge in [-0.1, -0.05) is 11.6 Å². The Hall–Kier alpha value is -1.28. The van der Waals surface area contributed by atoms with E-state index in [1.807, 2.05) is 32.0 Å². The maximum absolute atomic E-state index is 11.6. The lowest BCUT2D eigenvalue weighted by Gasteiger charge is -2.03. The van der Waals surface area contributed by atoms with Gasteiger partial charge in [0.25, 0.3) is 5.56 Å². The van der Waals surface area contributed by atoms with Crippen molar-refractivity contribution in [3.63, 3.8) is 0 Å². The largest absolute Gasteiger partial charge is 0.326 e. The van der Waals surface area contributed by atoms with Gasteiger partial charge in [-0.2, -0.15) is 0 Å². The fraction of sp³-hybridized carbons (Fsp3) is 0.182. The van der Waals surface area contributed by atoms with Gasteiger partial charge in [-0.15, -0.1) is 0 Å². The fourth-order valence-electron chi connectivity index (χ4n) is 1.59. The first-order chi connectivity index (χ1) is 6.58.